The molecule has 2 aromatic carbocycles. The number of nitrogens with one attached hydrogen (secondary N) is 1. The molecule has 0 radical (unpaired) electrons. The van der Waals surface area contributed by atoms with Crippen molar-refractivity contribution in [3.05, 3.63) is 87.7 Å². The Morgan fingerprint density at radius 1 is 0.938 bits per heavy atom. The predicted octanol–water partition coefficient (Wildman–Crippen LogP) is 6.68. The number of halogens is 7. The summed E-state index contributed by atoms with van der Waals surface area (Å²) in [6, 6.07) is 9.59. The summed E-state index contributed by atoms with van der Waals surface area (Å²) in [7, 11) is 0. The van der Waals surface area contributed by atoms with Gasteiger partial charge >= 0.3 is 12.4 Å². The van der Waals surface area contributed by atoms with Crippen molar-refractivity contribution in [2.24, 2.45) is 0 Å². The van der Waals surface area contributed by atoms with Gasteiger partial charge in [-0.05, 0) is 53.4 Å². The summed E-state index contributed by atoms with van der Waals surface area (Å²) in [4.78, 5) is 16.4. The highest BCUT2D eigenvalue weighted by Crippen LogP contribution is 2.36. The summed E-state index contributed by atoms with van der Waals surface area (Å²) >= 11 is 5.99. The topological polar surface area (TPSA) is 42.0 Å². The Morgan fingerprint density at radius 2 is 1.53 bits per heavy atom. The van der Waals surface area contributed by atoms with E-state index in [9.17, 15) is 31.1 Å². The monoisotopic (exact) mass is 472 g/mol. The Morgan fingerprint density at radius 3 is 2.09 bits per heavy atom. The zero-order valence-corrected chi connectivity index (χ0v) is 17.2. The maximum atomic E-state index is 13.0. The van der Waals surface area contributed by atoms with Crippen LogP contribution in [0.4, 0.5) is 26.3 Å². The number of carbonyl (C=O) groups is 1. The SMILES string of the molecule is Cc1ccccc1-c1cc(Cl)ncc1CNC(=O)c1cc(C(F)(F)F)cc(C(F)(F)F)c1. The van der Waals surface area contributed by atoms with Gasteiger partial charge in [-0.1, -0.05) is 35.9 Å². The summed E-state index contributed by atoms with van der Waals surface area (Å²) in [6.07, 6.45) is -8.71. The molecule has 0 fully saturated rings. The molecular weight excluding hydrogens is 458 g/mol. The number of pyridine rings is 1. The van der Waals surface area contributed by atoms with Gasteiger partial charge in [-0.3, -0.25) is 4.79 Å². The van der Waals surface area contributed by atoms with Gasteiger partial charge in [0.1, 0.15) is 5.15 Å². The van der Waals surface area contributed by atoms with Crippen LogP contribution in [0.25, 0.3) is 11.1 Å². The Labute approximate surface area is 184 Å². The first-order chi connectivity index (χ1) is 14.9. The van der Waals surface area contributed by atoms with Crippen molar-refractivity contribution in [1.82, 2.24) is 10.3 Å². The normalized spacial score (nSPS) is 12.0. The van der Waals surface area contributed by atoms with E-state index in [4.69, 9.17) is 11.6 Å². The lowest BCUT2D eigenvalue weighted by molar-refractivity contribution is -0.143. The van der Waals surface area contributed by atoms with Gasteiger partial charge in [0.05, 0.1) is 11.1 Å². The van der Waals surface area contributed by atoms with E-state index in [-0.39, 0.29) is 17.8 Å². The Hall–Kier alpha value is -3.07. The summed E-state index contributed by atoms with van der Waals surface area (Å²) in [5.74, 6) is -1.09. The highest BCUT2D eigenvalue weighted by Gasteiger charge is 2.37. The van der Waals surface area contributed by atoms with E-state index in [2.05, 4.69) is 10.3 Å². The Bertz CT molecular complexity index is 1130. The lowest BCUT2D eigenvalue weighted by Gasteiger charge is -2.15. The van der Waals surface area contributed by atoms with Crippen LogP contribution in [0.1, 0.15) is 32.6 Å². The highest BCUT2D eigenvalue weighted by molar-refractivity contribution is 6.29. The predicted molar refractivity (Wildman–Crippen MR) is 107 cm³/mol. The van der Waals surface area contributed by atoms with Crippen LogP contribution in [0.3, 0.4) is 0 Å². The van der Waals surface area contributed by atoms with Crippen LogP contribution in [-0.2, 0) is 18.9 Å². The number of hydrogen-bond donors (Lipinski definition) is 1. The summed E-state index contributed by atoms with van der Waals surface area (Å²) in [5, 5.41) is 2.55. The zero-order chi connectivity index (χ0) is 23.7. The fourth-order valence-electron chi connectivity index (χ4n) is 3.09. The average Bonchev–Trinajstić information content (AvgIpc) is 2.71. The zero-order valence-electron chi connectivity index (χ0n) is 16.4. The molecule has 0 aliphatic carbocycles. The fraction of sp³-hybridized carbons (Fsp3) is 0.182. The molecule has 0 spiro atoms. The van der Waals surface area contributed by atoms with Gasteiger partial charge in [-0.25, -0.2) is 4.98 Å². The molecule has 0 saturated heterocycles. The number of hydrogen-bond acceptors (Lipinski definition) is 2. The van der Waals surface area contributed by atoms with E-state index < -0.39 is 35.0 Å². The molecule has 1 N–H and O–H groups in total. The lowest BCUT2D eigenvalue weighted by atomic mass is 9.97. The Kier molecular flexibility index (Phi) is 6.50. The number of amides is 1. The number of rotatable bonds is 4. The van der Waals surface area contributed by atoms with E-state index in [1.165, 1.54) is 6.20 Å². The van der Waals surface area contributed by atoms with E-state index in [1.807, 2.05) is 25.1 Å². The van der Waals surface area contributed by atoms with Crippen molar-refractivity contribution in [2.75, 3.05) is 0 Å². The molecule has 0 aliphatic heterocycles. The first-order valence-corrected chi connectivity index (χ1v) is 9.52. The van der Waals surface area contributed by atoms with Crippen LogP contribution in [0.15, 0.2) is 54.7 Å². The Balaban J connectivity index is 1.93. The number of aryl methyl sites for hydroxylation is 1. The third-order valence-corrected chi connectivity index (χ3v) is 4.88. The molecule has 3 nitrogen and oxygen atoms in total. The van der Waals surface area contributed by atoms with E-state index in [0.29, 0.717) is 23.3 Å². The molecule has 0 aliphatic rings. The average molecular weight is 473 g/mol. The quantitative estimate of drug-likeness (QED) is 0.340. The molecule has 32 heavy (non-hydrogen) atoms. The first kappa shape index (κ1) is 23.6. The van der Waals surface area contributed by atoms with Gasteiger partial charge in [-0.15, -0.1) is 0 Å². The molecule has 0 saturated carbocycles. The summed E-state index contributed by atoms with van der Waals surface area (Å²) in [5.41, 5.74) is -1.08. The number of carbonyl (C=O) groups excluding carboxylic acids is 1. The van der Waals surface area contributed by atoms with Crippen molar-refractivity contribution in [3.63, 3.8) is 0 Å². The second-order valence-electron chi connectivity index (χ2n) is 6.96. The maximum absolute atomic E-state index is 13.0. The number of benzene rings is 2. The minimum absolute atomic E-state index is 0.0316. The standard InChI is InChI=1S/C22H15ClF6N2O/c1-12-4-2-3-5-17(12)18-9-19(23)30-10-14(18)11-31-20(32)13-6-15(21(24,25)26)8-16(7-13)22(27,28)29/h2-10H,11H2,1H3,(H,31,32). The number of aromatic nitrogens is 1. The van der Waals surface area contributed by atoms with Crippen molar-refractivity contribution < 1.29 is 31.1 Å². The molecule has 1 amide bonds. The molecule has 168 valence electrons. The number of nitrogens with zero attached hydrogens (tertiary/aromatic N) is 1. The minimum Gasteiger partial charge on any atom is -0.348 e. The maximum Gasteiger partial charge on any atom is 0.416 e. The third-order valence-electron chi connectivity index (χ3n) is 4.68. The van der Waals surface area contributed by atoms with Gasteiger partial charge < -0.3 is 5.32 Å². The van der Waals surface area contributed by atoms with Crippen LogP contribution < -0.4 is 5.32 Å². The van der Waals surface area contributed by atoms with Gasteiger partial charge in [0.25, 0.3) is 5.91 Å². The van der Waals surface area contributed by atoms with Crippen molar-refractivity contribution >= 4 is 17.5 Å². The van der Waals surface area contributed by atoms with Crippen molar-refractivity contribution in [3.8, 4) is 11.1 Å². The van der Waals surface area contributed by atoms with Gasteiger partial charge in [0.2, 0.25) is 0 Å². The molecule has 3 aromatic rings. The molecule has 0 unspecified atom stereocenters. The third kappa shape index (κ3) is 5.40. The van der Waals surface area contributed by atoms with Gasteiger partial charge in [0, 0.05) is 18.3 Å². The minimum atomic E-state index is -5.05. The molecule has 0 atom stereocenters. The molecule has 0 bridgehead atoms. The van der Waals surface area contributed by atoms with Crippen LogP contribution >= 0.6 is 11.6 Å². The molecule has 10 heteroatoms. The molecule has 3 rings (SSSR count). The largest absolute Gasteiger partial charge is 0.416 e. The smallest absolute Gasteiger partial charge is 0.348 e. The molecule has 1 aromatic heterocycles. The van der Waals surface area contributed by atoms with Crippen LogP contribution in [0.5, 0.6) is 0 Å². The van der Waals surface area contributed by atoms with Crippen LogP contribution in [0.2, 0.25) is 5.15 Å². The highest BCUT2D eigenvalue weighted by atomic mass is 35.5. The first-order valence-electron chi connectivity index (χ1n) is 9.14. The summed E-state index contributed by atoms with van der Waals surface area (Å²) in [6.45, 7) is 1.66. The van der Waals surface area contributed by atoms with E-state index in [0.717, 1.165) is 11.1 Å². The van der Waals surface area contributed by atoms with Gasteiger partial charge in [0.15, 0.2) is 0 Å². The second kappa shape index (κ2) is 8.82. The fourth-order valence-corrected chi connectivity index (χ4v) is 3.25. The number of alkyl halides is 6. The molecule has 1 heterocycles. The second-order valence-corrected chi connectivity index (χ2v) is 7.34. The van der Waals surface area contributed by atoms with Gasteiger partial charge in [-0.2, -0.15) is 26.3 Å². The van der Waals surface area contributed by atoms with Crippen molar-refractivity contribution in [2.45, 2.75) is 25.8 Å². The van der Waals surface area contributed by atoms with E-state index >= 15 is 0 Å². The van der Waals surface area contributed by atoms with Crippen LogP contribution in [0, 0.1) is 6.92 Å². The lowest BCUT2D eigenvalue weighted by Crippen LogP contribution is -2.24. The summed E-state index contributed by atoms with van der Waals surface area (Å²) < 4.78 is 78.3. The molecular formula is C22H15ClF6N2O. The van der Waals surface area contributed by atoms with Crippen LogP contribution in [-0.4, -0.2) is 10.9 Å². The van der Waals surface area contributed by atoms with Crippen molar-refractivity contribution in [1.29, 1.82) is 0 Å². The van der Waals surface area contributed by atoms with E-state index in [1.54, 1.807) is 12.1 Å².